The molecule has 0 aliphatic heterocycles. The number of aryl methyl sites for hydroxylation is 3. The predicted octanol–water partition coefficient (Wildman–Crippen LogP) is 8.42. The minimum absolute atomic E-state index is 0.585. The number of hydrogen-bond acceptors (Lipinski definition) is 1. The van der Waals surface area contributed by atoms with Crippen molar-refractivity contribution in [2.24, 2.45) is 13.0 Å². The molecule has 3 nitrogen and oxygen atoms in total. The van der Waals surface area contributed by atoms with Gasteiger partial charge in [-0.15, -0.1) is 0 Å². The second kappa shape index (κ2) is 8.71. The minimum Gasteiger partial charge on any atom is -0.456 e. The Labute approximate surface area is 207 Å². The van der Waals surface area contributed by atoms with Gasteiger partial charge >= 0.3 is 0 Å². The van der Waals surface area contributed by atoms with E-state index in [0.717, 1.165) is 50.7 Å². The van der Waals surface area contributed by atoms with E-state index >= 15 is 0 Å². The number of pyridine rings is 1. The van der Waals surface area contributed by atoms with Gasteiger partial charge in [0.15, 0.2) is 11.4 Å². The van der Waals surface area contributed by atoms with Crippen LogP contribution in [0.25, 0.3) is 49.2 Å². The fourth-order valence-corrected chi connectivity index (χ4v) is 5.10. The highest BCUT2D eigenvalue weighted by atomic mass is 16.3. The lowest BCUT2D eigenvalue weighted by Gasteiger charge is -2.11. The summed E-state index contributed by atoms with van der Waals surface area (Å²) >= 11 is 0. The monoisotopic (exact) mass is 459 g/mol. The standard InChI is InChI=1S/C32H31N2O/c1-19(2)16-23-17-22(5)34(7)28(18-23)29-21(4)10-13-25-26-14-15-27(33-6)30(32(26)35-31(25)29)24-11-8-20(3)9-12-24/h8-15,17-19H,16H2,1-5,7H3/q+1. The number of hydrogen-bond donors (Lipinski definition) is 0. The van der Waals surface area contributed by atoms with Crippen molar-refractivity contribution in [3.8, 4) is 22.4 Å². The molecule has 0 saturated heterocycles. The first kappa shape index (κ1) is 22.9. The summed E-state index contributed by atoms with van der Waals surface area (Å²) in [6.45, 7) is 18.7. The molecule has 0 spiro atoms. The van der Waals surface area contributed by atoms with Crippen LogP contribution >= 0.6 is 0 Å². The molecule has 0 fully saturated rings. The maximum atomic E-state index is 7.81. The molecule has 0 radical (unpaired) electrons. The molecule has 0 aliphatic rings. The van der Waals surface area contributed by atoms with Gasteiger partial charge in [0.1, 0.15) is 18.2 Å². The maximum absolute atomic E-state index is 7.81. The molecule has 0 aliphatic carbocycles. The fraction of sp³-hybridized carbons (Fsp3) is 0.250. The summed E-state index contributed by atoms with van der Waals surface area (Å²) in [7, 11) is 2.12. The van der Waals surface area contributed by atoms with E-state index in [4.69, 9.17) is 11.0 Å². The zero-order chi connectivity index (χ0) is 24.9. The molecule has 0 unspecified atom stereocenters. The van der Waals surface area contributed by atoms with Crippen molar-refractivity contribution in [2.75, 3.05) is 0 Å². The number of aromatic nitrogens is 1. The van der Waals surface area contributed by atoms with Gasteiger partial charge in [-0.3, -0.25) is 0 Å². The van der Waals surface area contributed by atoms with Gasteiger partial charge in [-0.2, -0.15) is 4.57 Å². The van der Waals surface area contributed by atoms with Crippen LogP contribution in [-0.4, -0.2) is 0 Å². The maximum Gasteiger partial charge on any atom is 0.216 e. The van der Waals surface area contributed by atoms with Gasteiger partial charge in [0.05, 0.1) is 12.1 Å². The summed E-state index contributed by atoms with van der Waals surface area (Å²) < 4.78 is 8.99. The second-order valence-corrected chi connectivity index (χ2v) is 10.1. The Morgan fingerprint density at radius 1 is 0.857 bits per heavy atom. The van der Waals surface area contributed by atoms with Crippen molar-refractivity contribution < 1.29 is 8.98 Å². The molecule has 0 saturated carbocycles. The van der Waals surface area contributed by atoms with E-state index < -0.39 is 0 Å². The first-order chi connectivity index (χ1) is 16.8. The van der Waals surface area contributed by atoms with Gasteiger partial charge < -0.3 is 4.42 Å². The quantitative estimate of drug-likeness (QED) is 0.195. The van der Waals surface area contributed by atoms with Gasteiger partial charge in [0.25, 0.3) is 0 Å². The van der Waals surface area contributed by atoms with Gasteiger partial charge in [0.2, 0.25) is 5.69 Å². The van der Waals surface area contributed by atoms with E-state index in [0.29, 0.717) is 11.6 Å². The molecular formula is C32H31N2O+. The van der Waals surface area contributed by atoms with Crippen molar-refractivity contribution in [2.45, 2.75) is 41.0 Å². The van der Waals surface area contributed by atoms with E-state index in [1.807, 2.05) is 12.1 Å². The highest BCUT2D eigenvalue weighted by Crippen LogP contribution is 2.44. The summed E-state index contributed by atoms with van der Waals surface area (Å²) in [5.41, 5.74) is 11.4. The van der Waals surface area contributed by atoms with Crippen LogP contribution in [0.3, 0.4) is 0 Å². The van der Waals surface area contributed by atoms with Crippen LogP contribution in [0.4, 0.5) is 5.69 Å². The summed E-state index contributed by atoms with van der Waals surface area (Å²) in [6, 6.07) is 21.2. The van der Waals surface area contributed by atoms with Crippen LogP contribution in [0.5, 0.6) is 0 Å². The molecule has 3 heteroatoms. The van der Waals surface area contributed by atoms with Crippen molar-refractivity contribution >= 4 is 27.6 Å². The molecule has 0 bridgehead atoms. The Bertz CT molecular complexity index is 1630. The number of nitrogens with zero attached hydrogens (tertiary/aromatic N) is 2. The normalized spacial score (nSPS) is 11.5. The van der Waals surface area contributed by atoms with E-state index in [1.165, 1.54) is 22.4 Å². The number of furan rings is 1. The molecule has 5 rings (SSSR count). The molecule has 35 heavy (non-hydrogen) atoms. The Kier molecular flexibility index (Phi) is 5.69. The summed E-state index contributed by atoms with van der Waals surface area (Å²) in [6.07, 6.45) is 1.04. The third-order valence-electron chi connectivity index (χ3n) is 6.96. The largest absolute Gasteiger partial charge is 0.456 e. The van der Waals surface area contributed by atoms with Crippen LogP contribution in [0.15, 0.2) is 65.1 Å². The predicted molar refractivity (Wildman–Crippen MR) is 145 cm³/mol. The lowest BCUT2D eigenvalue weighted by Crippen LogP contribution is -2.35. The SMILES string of the molecule is [C-]#[N+]c1ccc2c(oc3c(-c4cc(CC(C)C)cc(C)[n+]4C)c(C)ccc32)c1-c1ccc(C)cc1. The Hall–Kier alpha value is -3.90. The zero-order valence-electron chi connectivity index (χ0n) is 21.4. The molecular weight excluding hydrogens is 428 g/mol. The first-order valence-electron chi connectivity index (χ1n) is 12.2. The molecule has 2 aromatic heterocycles. The lowest BCUT2D eigenvalue weighted by molar-refractivity contribution is -0.666. The molecule has 2 heterocycles. The van der Waals surface area contributed by atoms with Crippen LogP contribution in [0.1, 0.15) is 36.2 Å². The van der Waals surface area contributed by atoms with Crippen molar-refractivity contribution in [1.29, 1.82) is 0 Å². The van der Waals surface area contributed by atoms with E-state index in [2.05, 4.69) is 99.6 Å². The van der Waals surface area contributed by atoms with Crippen molar-refractivity contribution in [3.05, 3.63) is 94.5 Å². The second-order valence-electron chi connectivity index (χ2n) is 10.1. The first-order valence-corrected chi connectivity index (χ1v) is 12.2. The molecule has 0 N–H and O–H groups in total. The third kappa shape index (κ3) is 3.90. The molecule has 3 aromatic carbocycles. The number of benzene rings is 3. The summed E-state index contributed by atoms with van der Waals surface area (Å²) in [5, 5.41) is 2.12. The van der Waals surface area contributed by atoms with E-state index in [-0.39, 0.29) is 0 Å². The van der Waals surface area contributed by atoms with Crippen LogP contribution in [0, 0.1) is 33.3 Å². The third-order valence-corrected chi connectivity index (χ3v) is 6.96. The van der Waals surface area contributed by atoms with Gasteiger partial charge in [0, 0.05) is 35.4 Å². The minimum atomic E-state index is 0.585. The van der Waals surface area contributed by atoms with Crippen molar-refractivity contribution in [1.82, 2.24) is 0 Å². The Balaban J connectivity index is 1.86. The van der Waals surface area contributed by atoms with Gasteiger partial charge in [-0.25, -0.2) is 4.85 Å². The molecule has 174 valence electrons. The van der Waals surface area contributed by atoms with E-state index in [1.54, 1.807) is 0 Å². The molecule has 0 atom stereocenters. The average molecular weight is 460 g/mol. The summed E-state index contributed by atoms with van der Waals surface area (Å²) in [4.78, 5) is 3.84. The topological polar surface area (TPSA) is 21.4 Å². The van der Waals surface area contributed by atoms with Crippen LogP contribution < -0.4 is 4.57 Å². The number of fused-ring (bicyclic) bond motifs is 3. The van der Waals surface area contributed by atoms with Crippen LogP contribution in [0.2, 0.25) is 0 Å². The Morgan fingerprint density at radius 2 is 1.51 bits per heavy atom. The fourth-order valence-electron chi connectivity index (χ4n) is 5.10. The van der Waals surface area contributed by atoms with E-state index in [9.17, 15) is 0 Å². The smallest absolute Gasteiger partial charge is 0.216 e. The lowest BCUT2D eigenvalue weighted by atomic mass is 9.96. The van der Waals surface area contributed by atoms with Crippen molar-refractivity contribution in [3.63, 3.8) is 0 Å². The zero-order valence-corrected chi connectivity index (χ0v) is 21.4. The number of rotatable bonds is 4. The molecule has 5 aromatic rings. The Morgan fingerprint density at radius 3 is 2.17 bits per heavy atom. The van der Waals surface area contributed by atoms with Gasteiger partial charge in [-0.1, -0.05) is 67.9 Å². The average Bonchev–Trinajstić information content (AvgIpc) is 3.19. The van der Waals surface area contributed by atoms with Crippen LogP contribution in [-0.2, 0) is 13.5 Å². The molecule has 0 amide bonds. The van der Waals surface area contributed by atoms with Gasteiger partial charge in [-0.05, 0) is 42.9 Å². The highest BCUT2D eigenvalue weighted by molar-refractivity contribution is 6.15. The highest BCUT2D eigenvalue weighted by Gasteiger charge is 2.24. The summed E-state index contributed by atoms with van der Waals surface area (Å²) in [5.74, 6) is 0.585.